The molecule has 1 heterocycles. The van der Waals surface area contributed by atoms with Gasteiger partial charge in [-0.05, 0) is 24.3 Å². The Balaban J connectivity index is 1.98. The molecule has 0 bridgehead atoms. The summed E-state index contributed by atoms with van der Waals surface area (Å²) in [6.45, 7) is 0. The van der Waals surface area contributed by atoms with Gasteiger partial charge in [0.25, 0.3) is 0 Å². The van der Waals surface area contributed by atoms with Gasteiger partial charge >= 0.3 is 0 Å². The molecule has 0 unspecified atom stereocenters. The lowest BCUT2D eigenvalue weighted by atomic mass is 10.3. The average molecular weight is 245 g/mol. The smallest absolute Gasteiger partial charge is 0.248 e. The van der Waals surface area contributed by atoms with E-state index in [1.165, 1.54) is 24.3 Å². The van der Waals surface area contributed by atoms with Crippen molar-refractivity contribution >= 4 is 17.7 Å². The second-order valence-corrected chi connectivity index (χ2v) is 3.78. The van der Waals surface area contributed by atoms with E-state index in [1.54, 1.807) is 36.3 Å². The van der Waals surface area contributed by atoms with Crippen molar-refractivity contribution in [1.29, 1.82) is 0 Å². The van der Waals surface area contributed by atoms with Crippen molar-refractivity contribution in [2.24, 2.45) is 7.05 Å². The summed E-state index contributed by atoms with van der Waals surface area (Å²) in [5, 5.41) is 6.54. The first kappa shape index (κ1) is 12.0. The lowest BCUT2D eigenvalue weighted by Crippen LogP contribution is -2.07. The highest BCUT2D eigenvalue weighted by Gasteiger charge is 1.99. The second-order valence-electron chi connectivity index (χ2n) is 3.78. The standard InChI is InChI=1S/C13H12FN3O/c1-17-9-10(8-15-17)5-6-13(18)16-12-4-2-3-11(14)7-12/h2-9H,1H3,(H,16,18)/b6-5+. The fraction of sp³-hybridized carbons (Fsp3) is 0.0769. The molecule has 1 amide bonds. The van der Waals surface area contributed by atoms with Crippen LogP contribution in [0.5, 0.6) is 0 Å². The van der Waals surface area contributed by atoms with Crippen LogP contribution in [0.2, 0.25) is 0 Å². The molecule has 0 spiro atoms. The molecular weight excluding hydrogens is 233 g/mol. The van der Waals surface area contributed by atoms with E-state index in [9.17, 15) is 9.18 Å². The van der Waals surface area contributed by atoms with Gasteiger partial charge in [0.2, 0.25) is 5.91 Å². The van der Waals surface area contributed by atoms with Crippen LogP contribution >= 0.6 is 0 Å². The summed E-state index contributed by atoms with van der Waals surface area (Å²) in [5.74, 6) is -0.700. The summed E-state index contributed by atoms with van der Waals surface area (Å²) < 4.78 is 14.5. The summed E-state index contributed by atoms with van der Waals surface area (Å²) in [4.78, 5) is 11.6. The van der Waals surface area contributed by atoms with Crippen molar-refractivity contribution in [3.05, 3.63) is 54.1 Å². The highest BCUT2D eigenvalue weighted by Crippen LogP contribution is 2.09. The number of rotatable bonds is 3. The van der Waals surface area contributed by atoms with Crippen molar-refractivity contribution in [3.8, 4) is 0 Å². The lowest BCUT2D eigenvalue weighted by molar-refractivity contribution is -0.111. The first-order valence-electron chi connectivity index (χ1n) is 5.37. The lowest BCUT2D eigenvalue weighted by Gasteiger charge is -2.01. The Hall–Kier alpha value is -2.43. The largest absolute Gasteiger partial charge is 0.322 e. The molecule has 1 N–H and O–H groups in total. The molecule has 18 heavy (non-hydrogen) atoms. The number of nitrogens with zero attached hydrogens (tertiary/aromatic N) is 2. The molecule has 0 aliphatic rings. The van der Waals surface area contributed by atoms with Crippen molar-refractivity contribution in [2.45, 2.75) is 0 Å². The van der Waals surface area contributed by atoms with Gasteiger partial charge in [-0.3, -0.25) is 9.48 Å². The molecule has 0 aliphatic carbocycles. The zero-order valence-electron chi connectivity index (χ0n) is 9.80. The Kier molecular flexibility index (Phi) is 3.52. The average Bonchev–Trinajstić information content (AvgIpc) is 2.73. The first-order valence-corrected chi connectivity index (χ1v) is 5.37. The quantitative estimate of drug-likeness (QED) is 0.843. The number of carbonyl (C=O) groups is 1. The van der Waals surface area contributed by atoms with Gasteiger partial charge < -0.3 is 5.32 Å². The first-order chi connectivity index (χ1) is 8.63. The van der Waals surface area contributed by atoms with Crippen LogP contribution in [0.4, 0.5) is 10.1 Å². The summed E-state index contributed by atoms with van der Waals surface area (Å²) >= 11 is 0. The minimum Gasteiger partial charge on any atom is -0.322 e. The SMILES string of the molecule is Cn1cc(/C=C/C(=O)Nc2cccc(F)c2)cn1. The molecule has 2 rings (SSSR count). The van der Waals surface area contributed by atoms with Crippen LogP contribution < -0.4 is 5.32 Å². The summed E-state index contributed by atoms with van der Waals surface area (Å²) in [5.41, 5.74) is 1.25. The maximum atomic E-state index is 12.9. The predicted molar refractivity (Wildman–Crippen MR) is 67.3 cm³/mol. The Bertz CT molecular complexity index is 589. The Morgan fingerprint density at radius 2 is 2.33 bits per heavy atom. The third-order valence-corrected chi connectivity index (χ3v) is 2.24. The molecule has 5 heteroatoms. The third kappa shape index (κ3) is 3.28. The van der Waals surface area contributed by atoms with Crippen molar-refractivity contribution in [2.75, 3.05) is 5.32 Å². The van der Waals surface area contributed by atoms with Crippen LogP contribution in [-0.2, 0) is 11.8 Å². The van der Waals surface area contributed by atoms with Gasteiger partial charge in [0, 0.05) is 30.6 Å². The van der Waals surface area contributed by atoms with Crippen molar-refractivity contribution < 1.29 is 9.18 Å². The molecule has 2 aromatic rings. The molecule has 0 saturated carbocycles. The van der Waals surface area contributed by atoms with Gasteiger partial charge in [0.15, 0.2) is 0 Å². The third-order valence-electron chi connectivity index (χ3n) is 2.24. The van der Waals surface area contributed by atoms with Crippen LogP contribution in [0.1, 0.15) is 5.56 Å². The molecule has 4 nitrogen and oxygen atoms in total. The summed E-state index contributed by atoms with van der Waals surface area (Å²) in [6.07, 6.45) is 6.45. The monoisotopic (exact) mass is 245 g/mol. The van der Waals surface area contributed by atoms with Gasteiger partial charge in [-0.15, -0.1) is 0 Å². The minimum absolute atomic E-state index is 0.315. The van der Waals surface area contributed by atoms with E-state index < -0.39 is 0 Å². The van der Waals surface area contributed by atoms with Crippen molar-refractivity contribution in [3.63, 3.8) is 0 Å². The molecule has 1 aromatic heterocycles. The number of carbonyl (C=O) groups excluding carboxylic acids is 1. The van der Waals surface area contributed by atoms with E-state index in [2.05, 4.69) is 10.4 Å². The molecule has 92 valence electrons. The highest BCUT2D eigenvalue weighted by atomic mass is 19.1. The molecule has 0 fully saturated rings. The minimum atomic E-state index is -0.385. The number of aryl methyl sites for hydroxylation is 1. The van der Waals surface area contributed by atoms with E-state index in [0.29, 0.717) is 5.69 Å². The maximum Gasteiger partial charge on any atom is 0.248 e. The van der Waals surface area contributed by atoms with Gasteiger partial charge in [-0.25, -0.2) is 4.39 Å². The van der Waals surface area contributed by atoms with Crippen LogP contribution in [0.3, 0.4) is 0 Å². The number of benzene rings is 1. The van der Waals surface area contributed by atoms with E-state index in [4.69, 9.17) is 0 Å². The van der Waals surface area contributed by atoms with Crippen LogP contribution in [0.25, 0.3) is 6.08 Å². The topological polar surface area (TPSA) is 46.9 Å². The number of hydrogen-bond donors (Lipinski definition) is 1. The van der Waals surface area contributed by atoms with Gasteiger partial charge in [0.1, 0.15) is 5.82 Å². The normalized spacial score (nSPS) is 10.8. The summed E-state index contributed by atoms with van der Waals surface area (Å²) in [6, 6.07) is 5.74. The molecule has 0 atom stereocenters. The zero-order chi connectivity index (χ0) is 13.0. The highest BCUT2D eigenvalue weighted by molar-refractivity contribution is 6.01. The van der Waals surface area contributed by atoms with E-state index >= 15 is 0 Å². The number of amides is 1. The molecule has 1 aromatic carbocycles. The number of anilines is 1. The van der Waals surface area contributed by atoms with Crippen LogP contribution in [-0.4, -0.2) is 15.7 Å². The Labute approximate surface area is 104 Å². The predicted octanol–water partition coefficient (Wildman–Crippen LogP) is 2.21. The molecule has 0 aliphatic heterocycles. The number of hydrogen-bond acceptors (Lipinski definition) is 2. The molecular formula is C13H12FN3O. The van der Waals surface area contributed by atoms with E-state index in [0.717, 1.165) is 5.56 Å². The fourth-order valence-electron chi connectivity index (χ4n) is 1.45. The number of nitrogens with one attached hydrogen (secondary N) is 1. The Morgan fingerprint density at radius 1 is 1.50 bits per heavy atom. The maximum absolute atomic E-state index is 12.9. The second kappa shape index (κ2) is 5.27. The van der Waals surface area contributed by atoms with Crippen molar-refractivity contribution in [1.82, 2.24) is 9.78 Å². The van der Waals surface area contributed by atoms with Gasteiger partial charge in [-0.2, -0.15) is 5.10 Å². The van der Waals surface area contributed by atoms with E-state index in [-0.39, 0.29) is 11.7 Å². The van der Waals surface area contributed by atoms with Crippen LogP contribution in [0, 0.1) is 5.82 Å². The molecule has 0 radical (unpaired) electrons. The zero-order valence-corrected chi connectivity index (χ0v) is 9.80. The number of aromatic nitrogens is 2. The molecule has 0 saturated heterocycles. The Morgan fingerprint density at radius 3 is 3.00 bits per heavy atom. The fourth-order valence-corrected chi connectivity index (χ4v) is 1.45. The van der Waals surface area contributed by atoms with Gasteiger partial charge in [0.05, 0.1) is 6.20 Å². The summed E-state index contributed by atoms with van der Waals surface area (Å²) in [7, 11) is 1.80. The van der Waals surface area contributed by atoms with Crippen LogP contribution in [0.15, 0.2) is 42.7 Å². The van der Waals surface area contributed by atoms with Gasteiger partial charge in [-0.1, -0.05) is 6.07 Å². The number of halogens is 1. The van der Waals surface area contributed by atoms with E-state index in [1.807, 2.05) is 0 Å².